The van der Waals surface area contributed by atoms with Gasteiger partial charge < -0.3 is 10.2 Å². The first-order valence-corrected chi connectivity index (χ1v) is 9.95. The van der Waals surface area contributed by atoms with Gasteiger partial charge in [0.25, 0.3) is 0 Å². The van der Waals surface area contributed by atoms with Crippen LogP contribution in [0.25, 0.3) is 0 Å². The molecule has 0 spiro atoms. The molecule has 2 aliphatic rings. The fourth-order valence-electron chi connectivity index (χ4n) is 4.23. The molecule has 1 saturated carbocycles. The summed E-state index contributed by atoms with van der Waals surface area (Å²) in [6, 6.07) is 8.08. The molecular weight excluding hydrogens is 342 g/mol. The lowest BCUT2D eigenvalue weighted by molar-refractivity contribution is -0.872. The van der Waals surface area contributed by atoms with Crippen molar-refractivity contribution in [1.82, 2.24) is 10.2 Å². The van der Waals surface area contributed by atoms with Gasteiger partial charge >= 0.3 is 0 Å². The molecule has 3 amide bonds. The maximum absolute atomic E-state index is 12.5. The number of amides is 3. The highest BCUT2D eigenvalue weighted by Gasteiger charge is 2.47. The fourth-order valence-corrected chi connectivity index (χ4v) is 4.23. The normalized spacial score (nSPS) is 22.3. The summed E-state index contributed by atoms with van der Waals surface area (Å²) in [5.41, 5.74) is 2.32. The van der Waals surface area contributed by atoms with E-state index in [0.29, 0.717) is 6.54 Å². The number of carbonyl (C=O) groups excluding carboxylic acids is 3. The quantitative estimate of drug-likeness (QED) is 0.686. The predicted molar refractivity (Wildman–Crippen MR) is 102 cm³/mol. The molecular formula is C21H30N3O3+. The van der Waals surface area contributed by atoms with Gasteiger partial charge in [-0.05, 0) is 18.4 Å². The maximum Gasteiger partial charge on any atom is 0.233 e. The topological polar surface area (TPSA) is 70.9 Å². The van der Waals surface area contributed by atoms with Crippen LogP contribution in [0.3, 0.4) is 0 Å². The molecule has 2 N–H and O–H groups in total. The number of quaternary nitrogens is 1. The minimum atomic E-state index is -0.144. The fraction of sp³-hybridized carbons (Fsp3) is 0.571. The van der Waals surface area contributed by atoms with E-state index in [1.54, 1.807) is 0 Å². The van der Waals surface area contributed by atoms with Crippen LogP contribution in [0.5, 0.6) is 0 Å². The van der Waals surface area contributed by atoms with Crippen molar-refractivity contribution in [2.45, 2.75) is 45.2 Å². The van der Waals surface area contributed by atoms with Crippen LogP contribution in [-0.2, 0) is 27.5 Å². The first-order chi connectivity index (χ1) is 13.0. The van der Waals surface area contributed by atoms with Gasteiger partial charge in [0.1, 0.15) is 6.54 Å². The Morgan fingerprint density at radius 2 is 1.67 bits per heavy atom. The van der Waals surface area contributed by atoms with Gasteiger partial charge in [-0.1, -0.05) is 37.1 Å². The van der Waals surface area contributed by atoms with E-state index in [1.165, 1.54) is 15.4 Å². The summed E-state index contributed by atoms with van der Waals surface area (Å²) >= 11 is 0. The lowest BCUT2D eigenvalue weighted by Crippen LogP contribution is -3.04. The smallest absolute Gasteiger partial charge is 0.233 e. The molecule has 6 nitrogen and oxygen atoms in total. The Balaban J connectivity index is 1.51. The second-order valence-corrected chi connectivity index (χ2v) is 8.00. The lowest BCUT2D eigenvalue weighted by atomic mass is 9.81. The highest BCUT2D eigenvalue weighted by atomic mass is 16.2. The zero-order valence-corrected chi connectivity index (χ0v) is 16.3. The standard InChI is InChI=1S/C21H29N3O3/c1-23(2)14-16-8-4-3-7-15(16)13-22-19(25)11-12-24-20(26)17-9-5-6-10-18(17)21(24)27/h3-4,7-8,17-18H,5-6,9-14H2,1-2H3,(H,22,25)/p+1/t17-,18-/m1/s1. The molecule has 0 bridgehead atoms. The number of nitrogens with one attached hydrogen (secondary N) is 2. The number of benzene rings is 1. The third-order valence-electron chi connectivity index (χ3n) is 5.63. The number of fused-ring (bicyclic) bond motifs is 1. The summed E-state index contributed by atoms with van der Waals surface area (Å²) in [5, 5.41) is 2.93. The minimum Gasteiger partial charge on any atom is -0.352 e. The Bertz CT molecular complexity index is 692. The van der Waals surface area contributed by atoms with Gasteiger partial charge in [0.05, 0.1) is 25.9 Å². The number of rotatable bonds is 7. The SMILES string of the molecule is C[NH+](C)Cc1ccccc1CNC(=O)CCN1C(=O)[C@@H]2CCCC[C@H]2C1=O. The number of imide groups is 1. The van der Waals surface area contributed by atoms with Crippen molar-refractivity contribution in [3.05, 3.63) is 35.4 Å². The Morgan fingerprint density at radius 3 is 2.26 bits per heavy atom. The molecule has 6 heteroatoms. The molecule has 1 aliphatic heterocycles. The summed E-state index contributed by atoms with van der Waals surface area (Å²) in [6.45, 7) is 1.56. The van der Waals surface area contributed by atoms with Crippen LogP contribution in [0.1, 0.15) is 43.2 Å². The van der Waals surface area contributed by atoms with Crippen LogP contribution in [0.4, 0.5) is 0 Å². The monoisotopic (exact) mass is 372 g/mol. The summed E-state index contributed by atoms with van der Waals surface area (Å²) < 4.78 is 0. The Hall–Kier alpha value is -2.21. The van der Waals surface area contributed by atoms with Crippen molar-refractivity contribution in [3.8, 4) is 0 Å². The zero-order chi connectivity index (χ0) is 19.4. The van der Waals surface area contributed by atoms with Crippen LogP contribution in [0, 0.1) is 11.8 Å². The molecule has 146 valence electrons. The van der Waals surface area contributed by atoms with E-state index in [4.69, 9.17) is 0 Å². The molecule has 0 unspecified atom stereocenters. The largest absolute Gasteiger partial charge is 0.352 e. The van der Waals surface area contributed by atoms with Crippen LogP contribution in [0.2, 0.25) is 0 Å². The Kier molecular flexibility index (Phi) is 6.26. The first-order valence-electron chi connectivity index (χ1n) is 9.95. The van der Waals surface area contributed by atoms with E-state index in [2.05, 4.69) is 25.5 Å². The number of likely N-dealkylation sites (tertiary alicyclic amines) is 1. The molecule has 2 fully saturated rings. The molecule has 1 heterocycles. The van der Waals surface area contributed by atoms with Gasteiger partial charge in [0.2, 0.25) is 17.7 Å². The third-order valence-corrected chi connectivity index (χ3v) is 5.63. The van der Waals surface area contributed by atoms with Crippen LogP contribution < -0.4 is 10.2 Å². The highest BCUT2D eigenvalue weighted by Crippen LogP contribution is 2.37. The summed E-state index contributed by atoms with van der Waals surface area (Å²) in [4.78, 5) is 39.8. The maximum atomic E-state index is 12.5. The number of hydrogen-bond acceptors (Lipinski definition) is 3. The lowest BCUT2D eigenvalue weighted by Gasteiger charge is -2.19. The Morgan fingerprint density at radius 1 is 1.07 bits per heavy atom. The predicted octanol–water partition coefficient (Wildman–Crippen LogP) is 0.513. The highest BCUT2D eigenvalue weighted by molar-refractivity contribution is 6.05. The average Bonchev–Trinajstić information content (AvgIpc) is 2.90. The van der Waals surface area contributed by atoms with Crippen molar-refractivity contribution in [3.63, 3.8) is 0 Å². The average molecular weight is 372 g/mol. The van der Waals surface area contributed by atoms with Gasteiger partial charge in [-0.2, -0.15) is 0 Å². The van der Waals surface area contributed by atoms with Gasteiger partial charge in [0.15, 0.2) is 0 Å². The van der Waals surface area contributed by atoms with Crippen molar-refractivity contribution >= 4 is 17.7 Å². The van der Waals surface area contributed by atoms with Crippen molar-refractivity contribution < 1.29 is 19.3 Å². The second-order valence-electron chi connectivity index (χ2n) is 8.00. The molecule has 0 aromatic heterocycles. The zero-order valence-electron chi connectivity index (χ0n) is 16.3. The second kappa shape index (κ2) is 8.65. The first kappa shape index (κ1) is 19.5. The van der Waals surface area contributed by atoms with E-state index >= 15 is 0 Å². The van der Waals surface area contributed by atoms with Crippen molar-refractivity contribution in [2.75, 3.05) is 20.6 Å². The van der Waals surface area contributed by atoms with Crippen LogP contribution in [-0.4, -0.2) is 43.3 Å². The number of hydrogen-bond donors (Lipinski definition) is 2. The molecule has 0 radical (unpaired) electrons. The van der Waals surface area contributed by atoms with Crippen LogP contribution in [0.15, 0.2) is 24.3 Å². The molecule has 27 heavy (non-hydrogen) atoms. The van der Waals surface area contributed by atoms with Gasteiger partial charge in [-0.15, -0.1) is 0 Å². The van der Waals surface area contributed by atoms with Crippen molar-refractivity contribution in [2.24, 2.45) is 11.8 Å². The molecule has 1 aromatic carbocycles. The van der Waals surface area contributed by atoms with E-state index in [-0.39, 0.29) is 42.5 Å². The van der Waals surface area contributed by atoms with Crippen molar-refractivity contribution in [1.29, 1.82) is 0 Å². The molecule has 2 atom stereocenters. The van der Waals surface area contributed by atoms with Crippen LogP contribution >= 0.6 is 0 Å². The van der Waals surface area contributed by atoms with Gasteiger partial charge in [-0.3, -0.25) is 19.3 Å². The van der Waals surface area contributed by atoms with E-state index in [0.717, 1.165) is 37.8 Å². The molecule has 1 saturated heterocycles. The molecule has 1 aromatic rings. The van der Waals surface area contributed by atoms with Gasteiger partial charge in [-0.25, -0.2) is 0 Å². The summed E-state index contributed by atoms with van der Waals surface area (Å²) in [7, 11) is 4.19. The Labute approximate surface area is 160 Å². The van der Waals surface area contributed by atoms with E-state index < -0.39 is 0 Å². The van der Waals surface area contributed by atoms with E-state index in [1.807, 2.05) is 18.2 Å². The van der Waals surface area contributed by atoms with E-state index in [9.17, 15) is 14.4 Å². The number of carbonyl (C=O) groups is 3. The molecule has 1 aliphatic carbocycles. The number of nitrogens with zero attached hydrogens (tertiary/aromatic N) is 1. The molecule has 3 rings (SSSR count). The summed E-state index contributed by atoms with van der Waals surface area (Å²) in [5.74, 6) is -0.560. The summed E-state index contributed by atoms with van der Waals surface area (Å²) in [6.07, 6.45) is 3.81. The minimum absolute atomic E-state index is 0.0724. The van der Waals surface area contributed by atoms with Gasteiger partial charge in [0, 0.05) is 25.1 Å². The third kappa shape index (κ3) is 4.56.